The first-order chi connectivity index (χ1) is 11.5. The number of aryl methyl sites for hydroxylation is 1. The van der Waals surface area contributed by atoms with Gasteiger partial charge in [-0.1, -0.05) is 17.4 Å². The molecule has 13 heteroatoms. The third kappa shape index (κ3) is 6.28. The van der Waals surface area contributed by atoms with Gasteiger partial charge < -0.3 is 5.32 Å². The van der Waals surface area contributed by atoms with E-state index < -0.39 is 33.6 Å². The van der Waals surface area contributed by atoms with Gasteiger partial charge in [-0.2, -0.15) is 21.6 Å². The van der Waals surface area contributed by atoms with E-state index in [0.29, 0.717) is 0 Å². The molecule has 1 aromatic heterocycles. The van der Waals surface area contributed by atoms with Crippen LogP contribution in [0.25, 0.3) is 0 Å². The third-order valence-electron chi connectivity index (χ3n) is 2.71. The Morgan fingerprint density at radius 1 is 1.24 bits per heavy atom. The van der Waals surface area contributed by atoms with Crippen molar-refractivity contribution in [1.82, 2.24) is 10.2 Å². The van der Waals surface area contributed by atoms with E-state index in [1.165, 1.54) is 6.07 Å². The topological polar surface area (TPSA) is 121 Å². The van der Waals surface area contributed by atoms with E-state index in [4.69, 9.17) is 4.55 Å². The van der Waals surface area contributed by atoms with Gasteiger partial charge in [0, 0.05) is 12.1 Å². The van der Waals surface area contributed by atoms with Crippen molar-refractivity contribution in [2.45, 2.75) is 12.6 Å². The summed E-state index contributed by atoms with van der Waals surface area (Å²) in [5.74, 6) is -0.544. The van der Waals surface area contributed by atoms with Gasteiger partial charge in [-0.05, 0) is 18.2 Å². The number of aromatic nitrogens is 2. The first-order valence-electron chi connectivity index (χ1n) is 6.56. The molecule has 0 aliphatic heterocycles. The molecule has 25 heavy (non-hydrogen) atoms. The number of halogens is 3. The second kappa shape index (κ2) is 7.33. The van der Waals surface area contributed by atoms with Gasteiger partial charge in [0.15, 0.2) is 0 Å². The smallest absolute Gasteiger partial charge is 0.308 e. The molecule has 0 saturated heterocycles. The molecule has 0 spiro atoms. The number of hydrogen-bond acceptors (Lipinski definition) is 6. The van der Waals surface area contributed by atoms with Crippen molar-refractivity contribution >= 4 is 38.3 Å². The number of hydrogen-bond donors (Lipinski definition) is 3. The van der Waals surface area contributed by atoms with Crippen molar-refractivity contribution in [2.24, 2.45) is 0 Å². The lowest BCUT2D eigenvalue weighted by Crippen LogP contribution is -2.19. The number of nitrogens with one attached hydrogen (secondary N) is 2. The van der Waals surface area contributed by atoms with Gasteiger partial charge in [-0.15, -0.1) is 10.2 Å². The number of urea groups is 1. The summed E-state index contributed by atoms with van der Waals surface area (Å²) < 4.78 is 67.7. The Labute approximate surface area is 143 Å². The number of rotatable bonds is 5. The highest BCUT2D eigenvalue weighted by atomic mass is 32.2. The van der Waals surface area contributed by atoms with Gasteiger partial charge in [0.05, 0.1) is 11.3 Å². The molecule has 136 valence electrons. The molecule has 0 bridgehead atoms. The van der Waals surface area contributed by atoms with Crippen LogP contribution >= 0.6 is 11.3 Å². The normalized spacial score (nSPS) is 12.0. The molecule has 2 amide bonds. The summed E-state index contributed by atoms with van der Waals surface area (Å²) in [5.41, 5.74) is -0.975. The molecule has 1 heterocycles. The van der Waals surface area contributed by atoms with Crippen LogP contribution in [0.1, 0.15) is 10.6 Å². The fourth-order valence-corrected chi connectivity index (χ4v) is 2.97. The Kier molecular flexibility index (Phi) is 5.59. The first-order valence-corrected chi connectivity index (χ1v) is 8.98. The van der Waals surface area contributed by atoms with E-state index in [0.717, 1.165) is 29.5 Å². The number of amides is 2. The van der Waals surface area contributed by atoms with Crippen LogP contribution in [0.5, 0.6) is 0 Å². The monoisotopic (exact) mass is 396 g/mol. The summed E-state index contributed by atoms with van der Waals surface area (Å²) in [7, 11) is -4.15. The van der Waals surface area contributed by atoms with Gasteiger partial charge in [-0.25, -0.2) is 4.79 Å². The van der Waals surface area contributed by atoms with Crippen LogP contribution in [0.2, 0.25) is 0 Å². The third-order valence-corrected chi connectivity index (χ3v) is 4.33. The standard InChI is InChI=1S/C12H11F3N4O4S2/c13-12(14,15)7-2-1-3-8(6-7)16-10(20)17-11-19-18-9(24-11)4-5-25(21,22)23/h1-3,6H,4-5H2,(H,21,22,23)(H2,16,17,19,20). The SMILES string of the molecule is O=C(Nc1cccc(C(F)(F)F)c1)Nc1nnc(CCS(=O)(=O)O)s1. The maximum Gasteiger partial charge on any atom is 0.416 e. The van der Waals surface area contributed by atoms with Crippen molar-refractivity contribution in [3.63, 3.8) is 0 Å². The first kappa shape index (κ1) is 19.1. The fraction of sp³-hybridized carbons (Fsp3) is 0.250. The van der Waals surface area contributed by atoms with Crippen LogP contribution in [-0.2, 0) is 22.7 Å². The highest BCUT2D eigenvalue weighted by Gasteiger charge is 2.30. The molecule has 3 N–H and O–H groups in total. The molecule has 0 radical (unpaired) electrons. The highest BCUT2D eigenvalue weighted by Crippen LogP contribution is 2.30. The summed E-state index contributed by atoms with van der Waals surface area (Å²) in [6, 6.07) is 3.24. The predicted octanol–water partition coefficient (Wildman–Crippen LogP) is 2.63. The zero-order valence-electron chi connectivity index (χ0n) is 12.2. The maximum absolute atomic E-state index is 12.6. The number of nitrogens with zero attached hydrogens (tertiary/aromatic N) is 2. The van der Waals surface area contributed by atoms with Gasteiger partial charge in [-0.3, -0.25) is 9.87 Å². The minimum Gasteiger partial charge on any atom is -0.308 e. The molecule has 8 nitrogen and oxygen atoms in total. The molecule has 0 atom stereocenters. The summed E-state index contributed by atoms with van der Waals surface area (Å²) in [6.07, 6.45) is -4.62. The van der Waals surface area contributed by atoms with E-state index >= 15 is 0 Å². The molecule has 0 unspecified atom stereocenters. The minimum absolute atomic E-state index is 0.0230. The summed E-state index contributed by atoms with van der Waals surface area (Å²) in [4.78, 5) is 11.8. The fourth-order valence-electron chi connectivity index (χ4n) is 1.65. The van der Waals surface area contributed by atoms with E-state index in [1.807, 2.05) is 0 Å². The lowest BCUT2D eigenvalue weighted by atomic mass is 10.2. The Morgan fingerprint density at radius 2 is 1.96 bits per heavy atom. The number of carbonyl (C=O) groups is 1. The molecular formula is C12H11F3N4O4S2. The van der Waals surface area contributed by atoms with E-state index in [-0.39, 0.29) is 22.2 Å². The number of benzene rings is 1. The molecular weight excluding hydrogens is 385 g/mol. The lowest BCUT2D eigenvalue weighted by Gasteiger charge is -2.09. The molecule has 2 aromatic rings. The highest BCUT2D eigenvalue weighted by molar-refractivity contribution is 7.85. The second-order valence-electron chi connectivity index (χ2n) is 4.69. The van der Waals surface area contributed by atoms with Crippen molar-refractivity contribution in [2.75, 3.05) is 16.4 Å². The molecule has 2 rings (SSSR count). The molecule has 0 aliphatic carbocycles. The van der Waals surface area contributed by atoms with Gasteiger partial charge in [0.1, 0.15) is 5.01 Å². The minimum atomic E-state index is -4.53. The van der Waals surface area contributed by atoms with Crippen molar-refractivity contribution in [1.29, 1.82) is 0 Å². The van der Waals surface area contributed by atoms with E-state index in [1.54, 1.807) is 0 Å². The Balaban J connectivity index is 1.96. The lowest BCUT2D eigenvalue weighted by molar-refractivity contribution is -0.137. The average Bonchev–Trinajstić information content (AvgIpc) is 2.91. The maximum atomic E-state index is 12.6. The summed E-state index contributed by atoms with van der Waals surface area (Å²) in [5, 5.41) is 12.0. The summed E-state index contributed by atoms with van der Waals surface area (Å²) in [6.45, 7) is 0. The summed E-state index contributed by atoms with van der Waals surface area (Å²) >= 11 is 0.870. The Morgan fingerprint density at radius 3 is 2.60 bits per heavy atom. The molecule has 1 aromatic carbocycles. The van der Waals surface area contributed by atoms with Gasteiger partial charge in [0.2, 0.25) is 5.13 Å². The van der Waals surface area contributed by atoms with E-state index in [2.05, 4.69) is 20.8 Å². The molecule has 0 fully saturated rings. The number of carbonyl (C=O) groups excluding carboxylic acids is 1. The van der Waals surface area contributed by atoms with E-state index in [9.17, 15) is 26.4 Å². The quantitative estimate of drug-likeness (QED) is 0.668. The van der Waals surface area contributed by atoms with Crippen LogP contribution in [-0.4, -0.2) is 35.0 Å². The van der Waals surface area contributed by atoms with Crippen molar-refractivity contribution < 1.29 is 30.9 Å². The largest absolute Gasteiger partial charge is 0.416 e. The number of anilines is 2. The zero-order valence-corrected chi connectivity index (χ0v) is 13.9. The average molecular weight is 396 g/mol. The Bertz CT molecular complexity index is 867. The second-order valence-corrected chi connectivity index (χ2v) is 7.33. The van der Waals surface area contributed by atoms with Gasteiger partial charge >= 0.3 is 12.2 Å². The number of alkyl halides is 3. The van der Waals surface area contributed by atoms with Gasteiger partial charge in [0.25, 0.3) is 10.1 Å². The van der Waals surface area contributed by atoms with Crippen LogP contribution in [0, 0.1) is 0 Å². The van der Waals surface area contributed by atoms with Crippen LogP contribution < -0.4 is 10.6 Å². The predicted molar refractivity (Wildman–Crippen MR) is 84.1 cm³/mol. The van der Waals surface area contributed by atoms with Crippen molar-refractivity contribution in [3.05, 3.63) is 34.8 Å². The molecule has 0 aliphatic rings. The van der Waals surface area contributed by atoms with Crippen LogP contribution in [0.4, 0.5) is 28.8 Å². The Hall–Kier alpha value is -2.25. The molecule has 0 saturated carbocycles. The van der Waals surface area contributed by atoms with Crippen molar-refractivity contribution in [3.8, 4) is 0 Å². The van der Waals surface area contributed by atoms with Crippen LogP contribution in [0.15, 0.2) is 24.3 Å². The zero-order chi connectivity index (χ0) is 18.7. The van der Waals surface area contributed by atoms with Crippen LogP contribution in [0.3, 0.4) is 0 Å².